The average molecular weight is 357 g/mol. The maximum absolute atomic E-state index is 12.1. The quantitative estimate of drug-likeness (QED) is 0.642. The van der Waals surface area contributed by atoms with Crippen molar-refractivity contribution in [3.63, 3.8) is 0 Å². The van der Waals surface area contributed by atoms with Gasteiger partial charge in [0.15, 0.2) is 6.10 Å². The third kappa shape index (κ3) is 4.54. The number of nitrogens with zero attached hydrogens (tertiary/aromatic N) is 1. The summed E-state index contributed by atoms with van der Waals surface area (Å²) in [6, 6.07) is 17.4. The number of aryl methyl sites for hydroxylation is 1. The molecular formula is C20H21ClN2O2. The fraction of sp³-hybridized carbons (Fsp3) is 0.250. The minimum Gasteiger partial charge on any atom is -0.481 e. The molecule has 1 N–H and O–H groups in total. The second-order valence-electron chi connectivity index (χ2n) is 5.93. The Morgan fingerprint density at radius 3 is 2.88 bits per heavy atom. The molecule has 0 saturated carbocycles. The summed E-state index contributed by atoms with van der Waals surface area (Å²) in [7, 11) is 0. The Morgan fingerprint density at radius 2 is 2.04 bits per heavy atom. The first-order valence-electron chi connectivity index (χ1n) is 8.37. The number of hydrogen-bond donors (Lipinski definition) is 1. The summed E-state index contributed by atoms with van der Waals surface area (Å²) in [5, 5.41) is 4.74. The molecule has 0 bridgehead atoms. The lowest BCUT2D eigenvalue weighted by molar-refractivity contribution is -0.127. The minimum atomic E-state index is -0.564. The first-order chi connectivity index (χ1) is 12.1. The lowest BCUT2D eigenvalue weighted by Gasteiger charge is -2.15. The number of amides is 1. The lowest BCUT2D eigenvalue weighted by atomic mass is 10.2. The monoisotopic (exact) mass is 356 g/mol. The van der Waals surface area contributed by atoms with Crippen molar-refractivity contribution in [2.45, 2.75) is 26.0 Å². The van der Waals surface area contributed by atoms with Crippen LogP contribution in [0.25, 0.3) is 10.9 Å². The molecule has 0 fully saturated rings. The molecule has 0 saturated heterocycles. The highest BCUT2D eigenvalue weighted by atomic mass is 35.5. The third-order valence-electron chi connectivity index (χ3n) is 4.03. The van der Waals surface area contributed by atoms with Gasteiger partial charge in [-0.3, -0.25) is 4.79 Å². The molecule has 1 aromatic heterocycles. The van der Waals surface area contributed by atoms with Crippen molar-refractivity contribution in [3.05, 3.63) is 65.8 Å². The predicted molar refractivity (Wildman–Crippen MR) is 101 cm³/mol. The molecule has 25 heavy (non-hydrogen) atoms. The van der Waals surface area contributed by atoms with Crippen LogP contribution in [0.4, 0.5) is 0 Å². The topological polar surface area (TPSA) is 43.3 Å². The van der Waals surface area contributed by atoms with Crippen molar-refractivity contribution >= 4 is 28.4 Å². The smallest absolute Gasteiger partial charge is 0.260 e. The summed E-state index contributed by atoms with van der Waals surface area (Å²) < 4.78 is 7.82. The highest BCUT2D eigenvalue weighted by Gasteiger charge is 2.14. The van der Waals surface area contributed by atoms with E-state index in [1.165, 1.54) is 10.9 Å². The van der Waals surface area contributed by atoms with E-state index in [1.54, 1.807) is 31.2 Å². The molecule has 4 nitrogen and oxygen atoms in total. The molecule has 1 unspecified atom stereocenters. The molecule has 0 aliphatic rings. The van der Waals surface area contributed by atoms with E-state index < -0.39 is 6.10 Å². The van der Waals surface area contributed by atoms with Crippen LogP contribution in [0.2, 0.25) is 5.02 Å². The van der Waals surface area contributed by atoms with Gasteiger partial charge in [-0.25, -0.2) is 0 Å². The van der Waals surface area contributed by atoms with E-state index in [9.17, 15) is 4.79 Å². The van der Waals surface area contributed by atoms with Gasteiger partial charge in [-0.05, 0) is 49.1 Å². The lowest BCUT2D eigenvalue weighted by Crippen LogP contribution is -2.37. The molecule has 3 rings (SSSR count). The summed E-state index contributed by atoms with van der Waals surface area (Å²) >= 11 is 5.92. The van der Waals surface area contributed by atoms with E-state index in [2.05, 4.69) is 34.3 Å². The number of rotatable bonds is 7. The van der Waals surface area contributed by atoms with Crippen molar-refractivity contribution in [2.24, 2.45) is 0 Å². The number of carbonyl (C=O) groups excluding carboxylic acids is 1. The zero-order valence-corrected chi connectivity index (χ0v) is 14.9. The van der Waals surface area contributed by atoms with Crippen molar-refractivity contribution < 1.29 is 9.53 Å². The number of hydrogen-bond acceptors (Lipinski definition) is 2. The van der Waals surface area contributed by atoms with Gasteiger partial charge in [-0.2, -0.15) is 0 Å². The van der Waals surface area contributed by atoms with Crippen LogP contribution < -0.4 is 10.1 Å². The normalized spacial score (nSPS) is 12.1. The Kier molecular flexibility index (Phi) is 5.61. The van der Waals surface area contributed by atoms with Crippen molar-refractivity contribution in [3.8, 4) is 5.75 Å². The Labute approximate surface area is 152 Å². The maximum atomic E-state index is 12.1. The zero-order valence-electron chi connectivity index (χ0n) is 14.1. The molecule has 130 valence electrons. The van der Waals surface area contributed by atoms with Crippen LogP contribution in [-0.4, -0.2) is 23.1 Å². The fourth-order valence-electron chi connectivity index (χ4n) is 2.74. The van der Waals surface area contributed by atoms with E-state index in [0.717, 1.165) is 13.0 Å². The maximum Gasteiger partial charge on any atom is 0.260 e. The Hall–Kier alpha value is -2.46. The highest BCUT2D eigenvalue weighted by molar-refractivity contribution is 6.30. The van der Waals surface area contributed by atoms with Crippen molar-refractivity contribution in [1.82, 2.24) is 9.88 Å². The number of ether oxygens (including phenoxy) is 1. The summed E-state index contributed by atoms with van der Waals surface area (Å²) in [5.74, 6) is 0.464. The van der Waals surface area contributed by atoms with E-state index in [4.69, 9.17) is 16.3 Å². The summed E-state index contributed by atoms with van der Waals surface area (Å²) in [4.78, 5) is 12.1. The number of para-hydroxylation sites is 1. The van der Waals surface area contributed by atoms with Crippen LogP contribution in [0.5, 0.6) is 5.75 Å². The van der Waals surface area contributed by atoms with Crippen molar-refractivity contribution in [2.75, 3.05) is 6.54 Å². The average Bonchev–Trinajstić information content (AvgIpc) is 3.02. The van der Waals surface area contributed by atoms with Gasteiger partial charge >= 0.3 is 0 Å². The second-order valence-corrected chi connectivity index (χ2v) is 6.37. The molecule has 1 amide bonds. The summed E-state index contributed by atoms with van der Waals surface area (Å²) in [6.07, 6.45) is 2.37. The van der Waals surface area contributed by atoms with Gasteiger partial charge in [0, 0.05) is 29.8 Å². The summed E-state index contributed by atoms with van der Waals surface area (Å²) in [6.45, 7) is 3.20. The summed E-state index contributed by atoms with van der Waals surface area (Å²) in [5.41, 5.74) is 1.21. The number of halogens is 1. The van der Waals surface area contributed by atoms with Crippen LogP contribution in [0.3, 0.4) is 0 Å². The van der Waals surface area contributed by atoms with Crippen LogP contribution >= 0.6 is 11.6 Å². The van der Waals surface area contributed by atoms with E-state index in [0.29, 0.717) is 17.3 Å². The van der Waals surface area contributed by atoms with Crippen LogP contribution in [0, 0.1) is 0 Å². The molecular weight excluding hydrogens is 336 g/mol. The second kappa shape index (κ2) is 8.08. The molecule has 2 aromatic carbocycles. The molecule has 1 heterocycles. The van der Waals surface area contributed by atoms with Crippen LogP contribution in [0.15, 0.2) is 60.8 Å². The van der Waals surface area contributed by atoms with Crippen molar-refractivity contribution in [1.29, 1.82) is 0 Å². The van der Waals surface area contributed by atoms with Gasteiger partial charge in [-0.15, -0.1) is 0 Å². The number of fused-ring (bicyclic) bond motifs is 1. The largest absolute Gasteiger partial charge is 0.481 e. The van der Waals surface area contributed by atoms with Gasteiger partial charge in [0.1, 0.15) is 5.75 Å². The van der Waals surface area contributed by atoms with Gasteiger partial charge in [-0.1, -0.05) is 35.9 Å². The molecule has 0 spiro atoms. The van der Waals surface area contributed by atoms with E-state index in [-0.39, 0.29) is 5.91 Å². The molecule has 0 radical (unpaired) electrons. The Morgan fingerprint density at radius 1 is 1.20 bits per heavy atom. The predicted octanol–water partition coefficient (Wildman–Crippen LogP) is 4.27. The first-order valence-corrected chi connectivity index (χ1v) is 8.75. The van der Waals surface area contributed by atoms with E-state index >= 15 is 0 Å². The van der Waals surface area contributed by atoms with Gasteiger partial charge < -0.3 is 14.6 Å². The molecule has 1 atom stereocenters. The van der Waals surface area contributed by atoms with Gasteiger partial charge in [0.2, 0.25) is 0 Å². The van der Waals surface area contributed by atoms with Crippen LogP contribution in [0.1, 0.15) is 13.3 Å². The number of benzene rings is 2. The first kappa shape index (κ1) is 17.4. The number of aromatic nitrogens is 1. The standard InChI is InChI=1S/C20H21ClN2O2/c1-15(25-18-8-4-7-17(21)14-18)20(24)22-11-5-12-23-13-10-16-6-2-3-9-19(16)23/h2-4,6-10,13-15H,5,11-12H2,1H3,(H,22,24). The number of nitrogens with one attached hydrogen (secondary N) is 1. The Bertz CT molecular complexity index is 860. The molecule has 0 aliphatic heterocycles. The SMILES string of the molecule is CC(Oc1cccc(Cl)c1)C(=O)NCCCn1ccc2ccccc21. The minimum absolute atomic E-state index is 0.127. The van der Waals surface area contributed by atoms with Crippen LogP contribution in [-0.2, 0) is 11.3 Å². The molecule has 0 aliphatic carbocycles. The van der Waals surface area contributed by atoms with Gasteiger partial charge in [0.25, 0.3) is 5.91 Å². The fourth-order valence-corrected chi connectivity index (χ4v) is 2.92. The van der Waals surface area contributed by atoms with Gasteiger partial charge in [0.05, 0.1) is 0 Å². The number of carbonyl (C=O) groups is 1. The van der Waals surface area contributed by atoms with E-state index in [1.807, 2.05) is 12.1 Å². The molecule has 5 heteroatoms. The Balaban J connectivity index is 1.44. The third-order valence-corrected chi connectivity index (χ3v) is 4.27. The zero-order chi connectivity index (χ0) is 17.6. The molecule has 3 aromatic rings. The highest BCUT2D eigenvalue weighted by Crippen LogP contribution is 2.18.